The molecule has 0 radical (unpaired) electrons. The van der Waals surface area contributed by atoms with E-state index >= 15 is 0 Å². The topological polar surface area (TPSA) is 97.4 Å². The van der Waals surface area contributed by atoms with Crippen molar-refractivity contribution in [3.05, 3.63) is 35.9 Å². The summed E-state index contributed by atoms with van der Waals surface area (Å²) < 4.78 is 26.2. The van der Waals surface area contributed by atoms with Gasteiger partial charge < -0.3 is 23.7 Å². The van der Waals surface area contributed by atoms with Crippen LogP contribution < -0.4 is 0 Å². The molecule has 0 bridgehead atoms. The van der Waals surface area contributed by atoms with Crippen molar-refractivity contribution in [1.29, 1.82) is 0 Å². The van der Waals surface area contributed by atoms with Gasteiger partial charge >= 0.3 is 17.9 Å². The second kappa shape index (κ2) is 8.59. The number of esters is 3. The molecule has 25 heavy (non-hydrogen) atoms. The maximum Gasteiger partial charge on any atom is 0.338 e. The molecule has 1 fully saturated rings. The Bertz CT molecular complexity index is 614. The average molecular weight is 352 g/mol. The highest BCUT2D eigenvalue weighted by Gasteiger charge is 2.49. The lowest BCUT2D eigenvalue weighted by Gasteiger charge is -2.21. The highest BCUT2D eigenvalue weighted by atomic mass is 16.7. The molecule has 1 aliphatic rings. The molecule has 136 valence electrons. The van der Waals surface area contributed by atoms with Gasteiger partial charge in [0.15, 0.2) is 6.10 Å². The van der Waals surface area contributed by atoms with Crippen LogP contribution in [0, 0.1) is 0 Å². The Hall–Kier alpha value is -2.45. The van der Waals surface area contributed by atoms with Crippen LogP contribution in [0.3, 0.4) is 0 Å². The largest absolute Gasteiger partial charge is 0.459 e. The molecule has 1 aliphatic heterocycles. The SMILES string of the molecule is COC1C(COC(=O)c2ccccc2)OC(OC(C)=O)C1OC(C)=O. The molecular formula is C17H20O8. The number of benzene rings is 1. The van der Waals surface area contributed by atoms with E-state index in [0.29, 0.717) is 5.56 Å². The standard InChI is InChI=1S/C17H20O8/c1-10(18)23-15-14(21-3)13(25-17(15)24-11(2)19)9-22-16(20)12-7-5-4-6-8-12/h4-8,13-15,17H,9H2,1-3H3. The van der Waals surface area contributed by atoms with E-state index in [9.17, 15) is 14.4 Å². The summed E-state index contributed by atoms with van der Waals surface area (Å²) in [5.41, 5.74) is 0.391. The number of hydrogen-bond acceptors (Lipinski definition) is 8. The summed E-state index contributed by atoms with van der Waals surface area (Å²) in [6, 6.07) is 8.46. The van der Waals surface area contributed by atoms with E-state index in [2.05, 4.69) is 0 Å². The van der Waals surface area contributed by atoms with Gasteiger partial charge in [-0.25, -0.2) is 4.79 Å². The molecule has 0 saturated carbocycles. The smallest absolute Gasteiger partial charge is 0.338 e. The van der Waals surface area contributed by atoms with E-state index in [4.69, 9.17) is 23.7 Å². The third-order valence-corrected chi connectivity index (χ3v) is 3.51. The van der Waals surface area contributed by atoms with E-state index in [1.165, 1.54) is 21.0 Å². The van der Waals surface area contributed by atoms with Crippen molar-refractivity contribution < 1.29 is 38.1 Å². The first-order chi connectivity index (χ1) is 11.9. The summed E-state index contributed by atoms with van der Waals surface area (Å²) in [6.45, 7) is 2.28. The number of ether oxygens (including phenoxy) is 5. The van der Waals surface area contributed by atoms with Crippen molar-refractivity contribution >= 4 is 17.9 Å². The molecule has 0 aliphatic carbocycles. The third-order valence-electron chi connectivity index (χ3n) is 3.51. The second-order valence-corrected chi connectivity index (χ2v) is 5.39. The molecule has 8 heteroatoms. The number of hydrogen-bond donors (Lipinski definition) is 0. The number of rotatable bonds is 6. The first-order valence-corrected chi connectivity index (χ1v) is 7.67. The molecule has 1 aromatic carbocycles. The number of methoxy groups -OCH3 is 1. The first kappa shape index (κ1) is 18.9. The molecule has 2 rings (SSSR count). The Labute approximate surface area is 144 Å². The van der Waals surface area contributed by atoms with Gasteiger partial charge in [0.2, 0.25) is 6.29 Å². The van der Waals surface area contributed by atoms with Gasteiger partial charge in [0.05, 0.1) is 5.56 Å². The van der Waals surface area contributed by atoms with Crippen molar-refractivity contribution in [2.75, 3.05) is 13.7 Å². The van der Waals surface area contributed by atoms with E-state index in [-0.39, 0.29) is 6.61 Å². The van der Waals surface area contributed by atoms with Gasteiger partial charge in [0.1, 0.15) is 18.8 Å². The van der Waals surface area contributed by atoms with Crippen LogP contribution in [0.2, 0.25) is 0 Å². The lowest BCUT2D eigenvalue weighted by Crippen LogP contribution is -2.40. The maximum atomic E-state index is 12.0. The Morgan fingerprint density at radius 2 is 1.64 bits per heavy atom. The molecule has 1 saturated heterocycles. The predicted molar refractivity (Wildman–Crippen MR) is 83.5 cm³/mol. The van der Waals surface area contributed by atoms with E-state index < -0.39 is 42.5 Å². The van der Waals surface area contributed by atoms with Crippen LogP contribution in [0.25, 0.3) is 0 Å². The normalized spacial score (nSPS) is 25.2. The van der Waals surface area contributed by atoms with Crippen molar-refractivity contribution in [2.45, 2.75) is 38.4 Å². The average Bonchev–Trinajstić information content (AvgIpc) is 2.88. The minimum absolute atomic E-state index is 0.151. The molecule has 4 atom stereocenters. The Morgan fingerprint density at radius 1 is 1.00 bits per heavy atom. The second-order valence-electron chi connectivity index (χ2n) is 5.39. The Kier molecular flexibility index (Phi) is 6.49. The van der Waals surface area contributed by atoms with Crippen molar-refractivity contribution in [3.8, 4) is 0 Å². The molecule has 4 unspecified atom stereocenters. The van der Waals surface area contributed by atoms with E-state index in [1.807, 2.05) is 0 Å². The zero-order valence-electron chi connectivity index (χ0n) is 14.2. The van der Waals surface area contributed by atoms with Crippen LogP contribution in [-0.4, -0.2) is 56.2 Å². The molecule has 0 N–H and O–H groups in total. The van der Waals surface area contributed by atoms with Gasteiger partial charge in [-0.15, -0.1) is 0 Å². The highest BCUT2D eigenvalue weighted by molar-refractivity contribution is 5.89. The summed E-state index contributed by atoms with van der Waals surface area (Å²) in [5, 5.41) is 0. The molecule has 1 aromatic rings. The number of carbonyl (C=O) groups excluding carboxylic acids is 3. The third kappa shape index (κ3) is 5.01. The number of carbonyl (C=O) groups is 3. The summed E-state index contributed by atoms with van der Waals surface area (Å²) >= 11 is 0. The summed E-state index contributed by atoms with van der Waals surface area (Å²) in [6.07, 6.45) is -3.60. The summed E-state index contributed by atoms with van der Waals surface area (Å²) in [7, 11) is 1.40. The first-order valence-electron chi connectivity index (χ1n) is 7.67. The Morgan fingerprint density at radius 3 is 2.20 bits per heavy atom. The van der Waals surface area contributed by atoms with Gasteiger partial charge in [-0.1, -0.05) is 18.2 Å². The zero-order chi connectivity index (χ0) is 18.4. The van der Waals surface area contributed by atoms with Crippen LogP contribution >= 0.6 is 0 Å². The van der Waals surface area contributed by atoms with Crippen LogP contribution in [-0.2, 0) is 33.3 Å². The molecule has 0 spiro atoms. The van der Waals surface area contributed by atoms with Crippen molar-refractivity contribution in [3.63, 3.8) is 0 Å². The molecule has 0 amide bonds. The van der Waals surface area contributed by atoms with Gasteiger partial charge in [0, 0.05) is 21.0 Å². The molecule has 1 heterocycles. The maximum absolute atomic E-state index is 12.0. The van der Waals surface area contributed by atoms with Crippen LogP contribution in [0.15, 0.2) is 30.3 Å². The van der Waals surface area contributed by atoms with E-state index in [0.717, 1.165) is 0 Å². The van der Waals surface area contributed by atoms with Crippen LogP contribution in [0.1, 0.15) is 24.2 Å². The lowest BCUT2D eigenvalue weighted by molar-refractivity contribution is -0.196. The van der Waals surface area contributed by atoms with Crippen molar-refractivity contribution in [2.24, 2.45) is 0 Å². The van der Waals surface area contributed by atoms with Crippen molar-refractivity contribution in [1.82, 2.24) is 0 Å². The summed E-state index contributed by atoms with van der Waals surface area (Å²) in [4.78, 5) is 34.5. The lowest BCUT2D eigenvalue weighted by atomic mass is 10.1. The fourth-order valence-electron chi connectivity index (χ4n) is 2.50. The monoisotopic (exact) mass is 352 g/mol. The minimum Gasteiger partial charge on any atom is -0.459 e. The quantitative estimate of drug-likeness (QED) is 0.554. The molecular weight excluding hydrogens is 332 g/mol. The predicted octanol–water partition coefficient (Wildman–Crippen LogP) is 1.08. The van der Waals surface area contributed by atoms with Gasteiger partial charge in [-0.3, -0.25) is 9.59 Å². The molecule has 0 aromatic heterocycles. The highest BCUT2D eigenvalue weighted by Crippen LogP contribution is 2.28. The fourth-order valence-corrected chi connectivity index (χ4v) is 2.50. The van der Waals surface area contributed by atoms with Gasteiger partial charge in [-0.05, 0) is 12.1 Å². The zero-order valence-corrected chi connectivity index (χ0v) is 14.2. The van der Waals surface area contributed by atoms with Gasteiger partial charge in [0.25, 0.3) is 0 Å². The van der Waals surface area contributed by atoms with Crippen LogP contribution in [0.4, 0.5) is 0 Å². The Balaban J connectivity index is 2.04. The van der Waals surface area contributed by atoms with Crippen LogP contribution in [0.5, 0.6) is 0 Å². The molecule has 8 nitrogen and oxygen atoms in total. The minimum atomic E-state index is -1.13. The summed E-state index contributed by atoms with van der Waals surface area (Å²) in [5.74, 6) is -1.70. The van der Waals surface area contributed by atoms with Gasteiger partial charge in [-0.2, -0.15) is 0 Å². The fraction of sp³-hybridized carbons (Fsp3) is 0.471. The van der Waals surface area contributed by atoms with E-state index in [1.54, 1.807) is 30.3 Å².